The summed E-state index contributed by atoms with van der Waals surface area (Å²) in [6.07, 6.45) is 1.73. The van der Waals surface area contributed by atoms with Gasteiger partial charge in [-0.3, -0.25) is 4.79 Å². The number of amides is 1. The van der Waals surface area contributed by atoms with E-state index in [0.29, 0.717) is 18.5 Å². The van der Waals surface area contributed by atoms with Gasteiger partial charge in [-0.1, -0.05) is 0 Å². The van der Waals surface area contributed by atoms with Gasteiger partial charge in [-0.05, 0) is 57.9 Å². The molecule has 126 valence electrons. The molecule has 1 aromatic carbocycles. The van der Waals surface area contributed by atoms with E-state index in [9.17, 15) is 9.59 Å². The third-order valence-corrected chi connectivity index (χ3v) is 3.84. The summed E-state index contributed by atoms with van der Waals surface area (Å²) in [5, 5.41) is 0. The van der Waals surface area contributed by atoms with E-state index >= 15 is 0 Å². The van der Waals surface area contributed by atoms with Gasteiger partial charge in [-0.25, -0.2) is 4.79 Å². The maximum absolute atomic E-state index is 12.4. The third kappa shape index (κ3) is 4.71. The molecule has 0 N–H and O–H groups in total. The summed E-state index contributed by atoms with van der Waals surface area (Å²) in [4.78, 5) is 26.4. The topological polar surface area (TPSA) is 55.8 Å². The molecule has 1 heterocycles. The summed E-state index contributed by atoms with van der Waals surface area (Å²) in [6.45, 7) is 6.19. The van der Waals surface area contributed by atoms with Gasteiger partial charge < -0.3 is 14.4 Å². The van der Waals surface area contributed by atoms with Crippen molar-refractivity contribution in [3.63, 3.8) is 0 Å². The molecular weight excluding hydrogens is 294 g/mol. The first kappa shape index (κ1) is 17.3. The molecule has 0 saturated carbocycles. The second-order valence-corrected chi connectivity index (χ2v) is 6.83. The standard InChI is InChI=1S/C18H25NO4/c1-18(2,3)23-17(21)19-11-5-6-14(19)12-16(20)13-7-9-15(22-4)10-8-13/h7-10,14H,5-6,11-12H2,1-4H3. The molecule has 0 aromatic heterocycles. The number of ketones is 1. The molecule has 1 atom stereocenters. The van der Waals surface area contributed by atoms with Crippen LogP contribution in [0.5, 0.6) is 5.75 Å². The zero-order valence-electron chi connectivity index (χ0n) is 14.3. The fraction of sp³-hybridized carbons (Fsp3) is 0.556. The van der Waals surface area contributed by atoms with Crippen LogP contribution in [0.3, 0.4) is 0 Å². The van der Waals surface area contributed by atoms with Crippen LogP contribution in [-0.2, 0) is 4.74 Å². The monoisotopic (exact) mass is 319 g/mol. The van der Waals surface area contributed by atoms with Gasteiger partial charge in [0.15, 0.2) is 5.78 Å². The van der Waals surface area contributed by atoms with Crippen molar-refractivity contribution in [1.82, 2.24) is 4.90 Å². The van der Waals surface area contributed by atoms with Crippen molar-refractivity contribution in [2.24, 2.45) is 0 Å². The fourth-order valence-corrected chi connectivity index (χ4v) is 2.72. The van der Waals surface area contributed by atoms with Gasteiger partial charge >= 0.3 is 6.09 Å². The predicted octanol–water partition coefficient (Wildman–Crippen LogP) is 3.67. The summed E-state index contributed by atoms with van der Waals surface area (Å²) in [6, 6.07) is 6.97. The molecule has 0 radical (unpaired) electrons. The molecule has 1 fully saturated rings. The Hall–Kier alpha value is -2.04. The lowest BCUT2D eigenvalue weighted by Gasteiger charge is -2.28. The zero-order valence-corrected chi connectivity index (χ0v) is 14.3. The number of hydrogen-bond acceptors (Lipinski definition) is 4. The van der Waals surface area contributed by atoms with Crippen LogP contribution in [0.25, 0.3) is 0 Å². The highest BCUT2D eigenvalue weighted by Gasteiger charge is 2.33. The molecule has 1 amide bonds. The molecule has 5 nitrogen and oxygen atoms in total. The Morgan fingerprint density at radius 3 is 2.43 bits per heavy atom. The van der Waals surface area contributed by atoms with E-state index in [2.05, 4.69) is 0 Å². The molecule has 23 heavy (non-hydrogen) atoms. The molecule has 0 bridgehead atoms. The lowest BCUT2D eigenvalue weighted by atomic mass is 10.0. The van der Waals surface area contributed by atoms with Gasteiger partial charge in [0.05, 0.1) is 7.11 Å². The van der Waals surface area contributed by atoms with Gasteiger partial charge in [0.25, 0.3) is 0 Å². The Morgan fingerprint density at radius 2 is 1.87 bits per heavy atom. The number of hydrogen-bond donors (Lipinski definition) is 0. The summed E-state index contributed by atoms with van der Waals surface area (Å²) in [7, 11) is 1.59. The first-order valence-electron chi connectivity index (χ1n) is 7.97. The number of Topliss-reactive ketones (excluding diaryl/α,β-unsaturated/α-hetero) is 1. The van der Waals surface area contributed by atoms with Crippen molar-refractivity contribution in [1.29, 1.82) is 0 Å². The number of rotatable bonds is 4. The van der Waals surface area contributed by atoms with Crippen LogP contribution in [-0.4, -0.2) is 42.1 Å². The number of nitrogens with zero attached hydrogens (tertiary/aromatic N) is 1. The number of ether oxygens (including phenoxy) is 2. The minimum absolute atomic E-state index is 0.0353. The van der Waals surface area contributed by atoms with E-state index in [4.69, 9.17) is 9.47 Å². The SMILES string of the molecule is COc1ccc(C(=O)CC2CCCN2C(=O)OC(C)(C)C)cc1. The van der Waals surface area contributed by atoms with Crippen molar-refractivity contribution in [2.75, 3.05) is 13.7 Å². The van der Waals surface area contributed by atoms with Crippen LogP contribution in [0.2, 0.25) is 0 Å². The number of likely N-dealkylation sites (tertiary alicyclic amines) is 1. The van der Waals surface area contributed by atoms with Crippen LogP contribution in [0.4, 0.5) is 4.79 Å². The van der Waals surface area contributed by atoms with E-state index in [0.717, 1.165) is 18.6 Å². The average Bonchev–Trinajstić information content (AvgIpc) is 2.94. The van der Waals surface area contributed by atoms with Crippen molar-refractivity contribution in [3.8, 4) is 5.75 Å². The summed E-state index contributed by atoms with van der Waals surface area (Å²) < 4.78 is 10.5. The minimum Gasteiger partial charge on any atom is -0.497 e. The van der Waals surface area contributed by atoms with Crippen molar-refractivity contribution < 1.29 is 19.1 Å². The van der Waals surface area contributed by atoms with Gasteiger partial charge in [-0.15, -0.1) is 0 Å². The lowest BCUT2D eigenvalue weighted by Crippen LogP contribution is -2.40. The van der Waals surface area contributed by atoms with Crippen LogP contribution >= 0.6 is 0 Å². The van der Waals surface area contributed by atoms with Gasteiger partial charge in [0, 0.05) is 24.6 Å². The normalized spacial score (nSPS) is 17.9. The zero-order chi connectivity index (χ0) is 17.0. The second-order valence-electron chi connectivity index (χ2n) is 6.83. The Morgan fingerprint density at radius 1 is 1.22 bits per heavy atom. The number of carbonyl (C=O) groups excluding carboxylic acids is 2. The Labute approximate surface area is 137 Å². The average molecular weight is 319 g/mol. The minimum atomic E-state index is -0.524. The first-order chi connectivity index (χ1) is 10.8. The number of carbonyl (C=O) groups is 2. The largest absolute Gasteiger partial charge is 0.497 e. The molecule has 1 aliphatic rings. The Balaban J connectivity index is 2.00. The van der Waals surface area contributed by atoms with E-state index in [1.54, 1.807) is 36.3 Å². The molecule has 1 aromatic rings. The Bertz CT molecular complexity index is 559. The van der Waals surface area contributed by atoms with E-state index in [1.807, 2.05) is 20.8 Å². The molecule has 0 spiro atoms. The van der Waals surface area contributed by atoms with Crippen molar-refractivity contribution in [3.05, 3.63) is 29.8 Å². The number of methoxy groups -OCH3 is 1. The summed E-state index contributed by atoms with van der Waals surface area (Å²) in [5.41, 5.74) is 0.117. The second kappa shape index (κ2) is 7.02. The lowest BCUT2D eigenvalue weighted by molar-refractivity contribution is 0.0223. The highest BCUT2D eigenvalue weighted by Crippen LogP contribution is 2.24. The summed E-state index contributed by atoms with van der Waals surface area (Å²) >= 11 is 0. The number of benzene rings is 1. The molecule has 1 saturated heterocycles. The molecule has 1 aliphatic heterocycles. The molecular formula is C18H25NO4. The van der Waals surface area contributed by atoms with Gasteiger partial charge in [-0.2, -0.15) is 0 Å². The van der Waals surface area contributed by atoms with E-state index < -0.39 is 5.60 Å². The third-order valence-electron chi connectivity index (χ3n) is 3.84. The van der Waals surface area contributed by atoms with Crippen LogP contribution in [0, 0.1) is 0 Å². The quantitative estimate of drug-likeness (QED) is 0.795. The van der Waals surface area contributed by atoms with Crippen molar-refractivity contribution >= 4 is 11.9 Å². The van der Waals surface area contributed by atoms with Crippen LogP contribution in [0.15, 0.2) is 24.3 Å². The van der Waals surface area contributed by atoms with Gasteiger partial charge in [0.2, 0.25) is 0 Å². The molecule has 5 heteroatoms. The molecule has 0 aliphatic carbocycles. The predicted molar refractivity (Wildman–Crippen MR) is 87.9 cm³/mol. The maximum atomic E-state index is 12.4. The molecule has 2 rings (SSSR count). The highest BCUT2D eigenvalue weighted by atomic mass is 16.6. The highest BCUT2D eigenvalue weighted by molar-refractivity contribution is 5.96. The van der Waals surface area contributed by atoms with Gasteiger partial charge in [0.1, 0.15) is 11.4 Å². The van der Waals surface area contributed by atoms with E-state index in [1.165, 1.54) is 0 Å². The van der Waals surface area contributed by atoms with Crippen LogP contribution < -0.4 is 4.74 Å². The van der Waals surface area contributed by atoms with Crippen molar-refractivity contribution in [2.45, 2.75) is 51.7 Å². The smallest absolute Gasteiger partial charge is 0.410 e. The summed E-state index contributed by atoms with van der Waals surface area (Å²) in [5.74, 6) is 0.755. The van der Waals surface area contributed by atoms with E-state index in [-0.39, 0.29) is 17.9 Å². The Kier molecular flexibility index (Phi) is 5.29. The molecule has 1 unspecified atom stereocenters. The van der Waals surface area contributed by atoms with Crippen LogP contribution in [0.1, 0.15) is 50.4 Å². The maximum Gasteiger partial charge on any atom is 0.410 e. The fourth-order valence-electron chi connectivity index (χ4n) is 2.72. The first-order valence-corrected chi connectivity index (χ1v) is 7.97.